The molecule has 178 valence electrons. The van der Waals surface area contributed by atoms with E-state index < -0.39 is 35.1 Å². The Hall–Kier alpha value is -2.84. The van der Waals surface area contributed by atoms with E-state index in [4.69, 9.17) is 4.74 Å². The number of ether oxygens (including phenoxy) is 1. The van der Waals surface area contributed by atoms with Crippen LogP contribution in [0.1, 0.15) is 42.3 Å². The molecule has 1 fully saturated rings. The van der Waals surface area contributed by atoms with Gasteiger partial charge in [-0.3, -0.25) is 14.5 Å². The van der Waals surface area contributed by atoms with Crippen molar-refractivity contribution in [3.63, 3.8) is 0 Å². The highest BCUT2D eigenvalue weighted by Gasteiger charge is 2.27. The van der Waals surface area contributed by atoms with E-state index in [1.807, 2.05) is 24.3 Å². The summed E-state index contributed by atoms with van der Waals surface area (Å²) in [6.07, 6.45) is 0.210. The molecule has 1 heterocycles. The van der Waals surface area contributed by atoms with Crippen LogP contribution in [0.15, 0.2) is 42.5 Å². The summed E-state index contributed by atoms with van der Waals surface area (Å²) in [7, 11) is 0. The van der Waals surface area contributed by atoms with Gasteiger partial charge in [0.15, 0.2) is 0 Å². The van der Waals surface area contributed by atoms with Crippen LogP contribution < -0.4 is 10.6 Å². The molecule has 0 saturated carbocycles. The lowest BCUT2D eigenvalue weighted by molar-refractivity contribution is -0.124. The van der Waals surface area contributed by atoms with Crippen molar-refractivity contribution in [2.24, 2.45) is 5.92 Å². The van der Waals surface area contributed by atoms with Crippen molar-refractivity contribution in [2.45, 2.75) is 46.0 Å². The Morgan fingerprint density at radius 1 is 1.12 bits per heavy atom. The molecule has 0 spiro atoms. The van der Waals surface area contributed by atoms with Gasteiger partial charge >= 0.3 is 0 Å². The van der Waals surface area contributed by atoms with Crippen LogP contribution in [-0.2, 0) is 22.6 Å². The van der Waals surface area contributed by atoms with Gasteiger partial charge in [-0.25, -0.2) is 8.78 Å². The van der Waals surface area contributed by atoms with E-state index >= 15 is 0 Å². The molecular weight excluding hydrogens is 428 g/mol. The fourth-order valence-electron chi connectivity index (χ4n) is 3.89. The molecule has 8 heteroatoms. The number of nitrogens with one attached hydrogen (secondary N) is 2. The van der Waals surface area contributed by atoms with E-state index in [9.17, 15) is 18.4 Å². The molecular formula is C25H31F2N3O3. The van der Waals surface area contributed by atoms with Gasteiger partial charge in [0.05, 0.1) is 12.7 Å². The molecule has 2 N–H and O–H groups in total. The Bertz CT molecular complexity index is 963. The molecule has 33 heavy (non-hydrogen) atoms. The lowest BCUT2D eigenvalue weighted by atomic mass is 10.0. The molecule has 1 unspecified atom stereocenters. The summed E-state index contributed by atoms with van der Waals surface area (Å²) in [6.45, 7) is 9.12. The maximum atomic E-state index is 13.9. The third kappa shape index (κ3) is 6.82. The molecule has 1 aliphatic heterocycles. The first-order valence-electron chi connectivity index (χ1n) is 11.2. The number of amides is 2. The van der Waals surface area contributed by atoms with Crippen LogP contribution in [0.2, 0.25) is 0 Å². The zero-order valence-corrected chi connectivity index (χ0v) is 19.2. The highest BCUT2D eigenvalue weighted by atomic mass is 19.1. The first-order valence-corrected chi connectivity index (χ1v) is 11.2. The second-order valence-corrected chi connectivity index (χ2v) is 8.75. The summed E-state index contributed by atoms with van der Waals surface area (Å²) < 4.78 is 33.5. The molecule has 2 amide bonds. The standard InChI is InChI=1S/C25H31F2N3O3/c1-16(2)23(29-24(31)22-20(26)8-5-9-21(22)27)25(32)28-13-18-6-4-7-19(12-18)15-30-10-11-33-17(3)14-30/h4-9,12,16-17,23H,10-11,13-15H2,1-3H3,(H,28,32)(H,29,31)/t17?,23-/m0/s1. The Kier molecular flexibility index (Phi) is 8.52. The van der Waals surface area contributed by atoms with Crippen molar-refractivity contribution >= 4 is 11.8 Å². The zero-order chi connectivity index (χ0) is 24.0. The highest BCUT2D eigenvalue weighted by molar-refractivity contribution is 5.98. The van der Waals surface area contributed by atoms with Gasteiger partial charge in [-0.15, -0.1) is 0 Å². The first-order chi connectivity index (χ1) is 15.7. The van der Waals surface area contributed by atoms with Gasteiger partial charge in [0.2, 0.25) is 5.91 Å². The number of benzene rings is 2. The monoisotopic (exact) mass is 459 g/mol. The van der Waals surface area contributed by atoms with E-state index in [1.165, 1.54) is 6.07 Å². The van der Waals surface area contributed by atoms with Crippen LogP contribution in [0.3, 0.4) is 0 Å². The Morgan fingerprint density at radius 3 is 2.45 bits per heavy atom. The average Bonchev–Trinajstić information content (AvgIpc) is 2.76. The Balaban J connectivity index is 1.60. The van der Waals surface area contributed by atoms with E-state index in [1.54, 1.807) is 13.8 Å². The van der Waals surface area contributed by atoms with E-state index in [0.717, 1.165) is 49.5 Å². The predicted molar refractivity (Wildman–Crippen MR) is 121 cm³/mol. The largest absolute Gasteiger partial charge is 0.376 e. The zero-order valence-electron chi connectivity index (χ0n) is 19.2. The van der Waals surface area contributed by atoms with Crippen molar-refractivity contribution in [1.82, 2.24) is 15.5 Å². The minimum atomic E-state index is -0.970. The van der Waals surface area contributed by atoms with Crippen LogP contribution in [-0.4, -0.2) is 48.6 Å². The maximum absolute atomic E-state index is 13.9. The van der Waals surface area contributed by atoms with Gasteiger partial charge in [-0.1, -0.05) is 44.2 Å². The Labute approximate surface area is 193 Å². The molecule has 6 nitrogen and oxygen atoms in total. The summed E-state index contributed by atoms with van der Waals surface area (Å²) in [5.74, 6) is -3.59. The normalized spacial score (nSPS) is 17.6. The Morgan fingerprint density at radius 2 is 1.79 bits per heavy atom. The van der Waals surface area contributed by atoms with Crippen molar-refractivity contribution in [3.8, 4) is 0 Å². The summed E-state index contributed by atoms with van der Waals surface area (Å²) in [4.78, 5) is 27.6. The molecule has 1 saturated heterocycles. The third-order valence-corrected chi connectivity index (χ3v) is 5.62. The predicted octanol–water partition coefficient (Wildman–Crippen LogP) is 3.26. The number of halogens is 2. The summed E-state index contributed by atoms with van der Waals surface area (Å²) in [6, 6.07) is 10.2. The molecule has 0 bridgehead atoms. The summed E-state index contributed by atoms with van der Waals surface area (Å²) in [5.41, 5.74) is 1.37. The molecule has 0 radical (unpaired) electrons. The first kappa shape index (κ1) is 24.8. The molecule has 0 aromatic heterocycles. The van der Waals surface area contributed by atoms with Crippen LogP contribution in [0.25, 0.3) is 0 Å². The third-order valence-electron chi connectivity index (χ3n) is 5.62. The number of hydrogen-bond donors (Lipinski definition) is 2. The SMILES string of the molecule is CC1CN(Cc2cccc(CNC(=O)[C@@H](NC(=O)c3c(F)cccc3F)C(C)C)c2)CCO1. The van der Waals surface area contributed by atoms with Gasteiger partial charge in [-0.05, 0) is 36.1 Å². The number of carbonyl (C=O) groups excluding carboxylic acids is 2. The van der Waals surface area contributed by atoms with Gasteiger partial charge in [0.25, 0.3) is 5.91 Å². The number of carbonyl (C=O) groups is 2. The minimum absolute atomic E-state index is 0.210. The van der Waals surface area contributed by atoms with Crippen LogP contribution >= 0.6 is 0 Å². The maximum Gasteiger partial charge on any atom is 0.257 e. The number of morpholine rings is 1. The second-order valence-electron chi connectivity index (χ2n) is 8.75. The van der Waals surface area contributed by atoms with E-state index in [0.29, 0.717) is 0 Å². The number of hydrogen-bond acceptors (Lipinski definition) is 4. The van der Waals surface area contributed by atoms with Crippen molar-refractivity contribution in [2.75, 3.05) is 19.7 Å². The van der Waals surface area contributed by atoms with Crippen molar-refractivity contribution in [3.05, 3.63) is 70.8 Å². The minimum Gasteiger partial charge on any atom is -0.376 e. The molecule has 1 aliphatic rings. The van der Waals surface area contributed by atoms with Gasteiger partial charge < -0.3 is 15.4 Å². The molecule has 0 aliphatic carbocycles. The van der Waals surface area contributed by atoms with E-state index in [2.05, 4.69) is 22.5 Å². The molecule has 3 rings (SSSR count). The molecule has 2 aromatic carbocycles. The fraction of sp³-hybridized carbons (Fsp3) is 0.440. The van der Waals surface area contributed by atoms with Gasteiger partial charge in [-0.2, -0.15) is 0 Å². The van der Waals surface area contributed by atoms with Crippen molar-refractivity contribution in [1.29, 1.82) is 0 Å². The molecule has 2 atom stereocenters. The van der Waals surface area contributed by atoms with Gasteiger partial charge in [0, 0.05) is 26.2 Å². The topological polar surface area (TPSA) is 70.7 Å². The highest BCUT2D eigenvalue weighted by Crippen LogP contribution is 2.14. The lowest BCUT2D eigenvalue weighted by Gasteiger charge is -2.31. The lowest BCUT2D eigenvalue weighted by Crippen LogP contribution is -2.49. The van der Waals surface area contributed by atoms with Crippen molar-refractivity contribution < 1.29 is 23.1 Å². The average molecular weight is 460 g/mol. The number of nitrogens with zero attached hydrogens (tertiary/aromatic N) is 1. The number of rotatable bonds is 8. The van der Waals surface area contributed by atoms with Crippen LogP contribution in [0.4, 0.5) is 8.78 Å². The molecule has 2 aromatic rings. The smallest absolute Gasteiger partial charge is 0.257 e. The summed E-state index contributed by atoms with van der Waals surface area (Å²) in [5, 5.41) is 5.30. The quantitative estimate of drug-likeness (QED) is 0.636. The fourth-order valence-corrected chi connectivity index (χ4v) is 3.89. The summed E-state index contributed by atoms with van der Waals surface area (Å²) >= 11 is 0. The van der Waals surface area contributed by atoms with Crippen LogP contribution in [0, 0.1) is 17.6 Å². The van der Waals surface area contributed by atoms with Gasteiger partial charge in [0.1, 0.15) is 23.2 Å². The van der Waals surface area contributed by atoms with Crippen LogP contribution in [0.5, 0.6) is 0 Å². The van der Waals surface area contributed by atoms with E-state index in [-0.39, 0.29) is 18.6 Å². The second kappa shape index (κ2) is 11.3.